The number of anilines is 2. The second kappa shape index (κ2) is 7.45. The summed E-state index contributed by atoms with van der Waals surface area (Å²) in [6.45, 7) is 4.66. The molecule has 0 heterocycles. The molecule has 0 saturated heterocycles. The van der Waals surface area contributed by atoms with Crippen LogP contribution in [-0.4, -0.2) is 0 Å². The summed E-state index contributed by atoms with van der Waals surface area (Å²) >= 11 is 0. The van der Waals surface area contributed by atoms with E-state index in [0.29, 0.717) is 0 Å². The third-order valence-electron chi connectivity index (χ3n) is 9.36. The molecule has 176 valence electrons. The molecular formula is C33H34N2. The van der Waals surface area contributed by atoms with Gasteiger partial charge in [-0.05, 0) is 94.5 Å². The van der Waals surface area contributed by atoms with E-state index in [1.165, 1.54) is 71.9 Å². The van der Waals surface area contributed by atoms with Gasteiger partial charge in [0.15, 0.2) is 0 Å². The molecule has 0 atom stereocenters. The second-order valence-corrected chi connectivity index (χ2v) is 11.5. The van der Waals surface area contributed by atoms with Crippen LogP contribution in [0.5, 0.6) is 0 Å². The zero-order valence-corrected chi connectivity index (χ0v) is 20.9. The van der Waals surface area contributed by atoms with Crippen LogP contribution >= 0.6 is 0 Å². The van der Waals surface area contributed by atoms with Gasteiger partial charge >= 0.3 is 0 Å². The quantitative estimate of drug-likeness (QED) is 0.309. The van der Waals surface area contributed by atoms with Crippen LogP contribution < -0.4 is 10.9 Å². The number of rotatable bonds is 2. The molecule has 2 heteroatoms. The summed E-state index contributed by atoms with van der Waals surface area (Å²) in [7, 11) is 0. The van der Waals surface area contributed by atoms with Crippen LogP contribution in [0.2, 0.25) is 0 Å². The van der Waals surface area contributed by atoms with Crippen LogP contribution in [-0.2, 0) is 10.8 Å². The zero-order valence-electron chi connectivity index (χ0n) is 20.9. The number of hydrogen-bond donors (Lipinski definition) is 1. The molecular weight excluding hydrogens is 424 g/mol. The predicted octanol–water partition coefficient (Wildman–Crippen LogP) is 8.32. The molecule has 4 aliphatic rings. The lowest BCUT2D eigenvalue weighted by Gasteiger charge is -2.37. The summed E-state index contributed by atoms with van der Waals surface area (Å²) in [5.41, 5.74) is 14.0. The van der Waals surface area contributed by atoms with Crippen molar-refractivity contribution in [3.05, 3.63) is 101 Å². The minimum absolute atomic E-state index is 0.0256. The molecule has 3 aromatic carbocycles. The normalized spacial score (nSPS) is 20.4. The highest BCUT2D eigenvalue weighted by Crippen LogP contribution is 2.57. The van der Waals surface area contributed by atoms with E-state index < -0.39 is 0 Å². The van der Waals surface area contributed by atoms with Gasteiger partial charge in [-0.25, -0.2) is 5.84 Å². The fourth-order valence-corrected chi connectivity index (χ4v) is 7.56. The molecule has 4 aliphatic carbocycles. The molecule has 1 spiro atoms. The number of nitrogens with zero attached hydrogens (tertiary/aromatic N) is 1. The van der Waals surface area contributed by atoms with E-state index in [2.05, 4.69) is 86.7 Å². The highest BCUT2D eigenvalue weighted by atomic mass is 15.4. The third kappa shape index (κ3) is 2.87. The van der Waals surface area contributed by atoms with Crippen molar-refractivity contribution in [1.29, 1.82) is 0 Å². The fraction of sp³-hybridized carbons (Fsp3) is 0.333. The van der Waals surface area contributed by atoms with Crippen molar-refractivity contribution < 1.29 is 0 Å². The Morgan fingerprint density at radius 2 is 1.43 bits per heavy atom. The lowest BCUT2D eigenvalue weighted by atomic mass is 9.66. The van der Waals surface area contributed by atoms with E-state index >= 15 is 0 Å². The maximum Gasteiger partial charge on any atom is 0.0578 e. The van der Waals surface area contributed by atoms with E-state index in [4.69, 9.17) is 5.84 Å². The SMILES string of the molecule is CC1(C)c2ccccc2-c2ccc(N(N)c3ccc4c(c3)C3(CCCCC3)C3=C4CCC=C3)cc21. The summed E-state index contributed by atoms with van der Waals surface area (Å²) in [6.07, 6.45) is 13.7. The summed E-state index contributed by atoms with van der Waals surface area (Å²) < 4.78 is 0. The molecule has 2 N–H and O–H groups in total. The van der Waals surface area contributed by atoms with E-state index in [1.807, 2.05) is 5.01 Å². The highest BCUT2D eigenvalue weighted by Gasteiger charge is 2.45. The lowest BCUT2D eigenvalue weighted by molar-refractivity contribution is 0.350. The first-order valence-electron chi connectivity index (χ1n) is 13.3. The Hall–Kier alpha value is -3.10. The Labute approximate surface area is 209 Å². The molecule has 1 fully saturated rings. The molecule has 0 unspecified atom stereocenters. The molecule has 0 radical (unpaired) electrons. The van der Waals surface area contributed by atoms with Gasteiger partial charge in [0.05, 0.1) is 11.4 Å². The van der Waals surface area contributed by atoms with Gasteiger partial charge in [-0.15, -0.1) is 0 Å². The van der Waals surface area contributed by atoms with E-state index in [9.17, 15) is 0 Å². The van der Waals surface area contributed by atoms with Crippen LogP contribution in [0.1, 0.15) is 81.0 Å². The van der Waals surface area contributed by atoms with Gasteiger partial charge in [-0.3, -0.25) is 5.01 Å². The fourth-order valence-electron chi connectivity index (χ4n) is 7.56. The number of benzene rings is 3. The summed E-state index contributed by atoms with van der Waals surface area (Å²) in [5, 5.41) is 1.91. The monoisotopic (exact) mass is 458 g/mol. The van der Waals surface area contributed by atoms with Crippen molar-refractivity contribution >= 4 is 16.9 Å². The molecule has 1 saturated carbocycles. The van der Waals surface area contributed by atoms with Gasteiger partial charge < -0.3 is 0 Å². The minimum Gasteiger partial charge on any atom is -0.280 e. The molecule has 0 aliphatic heterocycles. The van der Waals surface area contributed by atoms with E-state index in [-0.39, 0.29) is 10.8 Å². The van der Waals surface area contributed by atoms with Gasteiger partial charge in [0.25, 0.3) is 0 Å². The lowest BCUT2D eigenvalue weighted by Crippen LogP contribution is -2.30. The van der Waals surface area contributed by atoms with E-state index in [0.717, 1.165) is 17.8 Å². The smallest absolute Gasteiger partial charge is 0.0578 e. The molecule has 7 rings (SSSR count). The Morgan fingerprint density at radius 1 is 0.743 bits per heavy atom. The van der Waals surface area contributed by atoms with Crippen LogP contribution in [0.4, 0.5) is 11.4 Å². The predicted molar refractivity (Wildman–Crippen MR) is 147 cm³/mol. The second-order valence-electron chi connectivity index (χ2n) is 11.5. The van der Waals surface area contributed by atoms with Crippen molar-refractivity contribution in [2.45, 2.75) is 69.6 Å². The molecule has 2 nitrogen and oxygen atoms in total. The first-order valence-corrected chi connectivity index (χ1v) is 13.3. The van der Waals surface area contributed by atoms with Gasteiger partial charge in [0, 0.05) is 10.8 Å². The average molecular weight is 459 g/mol. The first-order chi connectivity index (χ1) is 17.0. The van der Waals surface area contributed by atoms with Crippen LogP contribution in [0.15, 0.2) is 78.4 Å². The standard InChI is InChI=1S/C33H34N2/c1-32(2)28-12-6-4-10-24(28)26-16-14-22(20-30(26)32)35(34)23-15-17-27-25-11-5-7-13-29(25)33(31(27)21-23)18-8-3-9-19-33/h4,6-7,10,12-17,20-21H,3,5,8-9,11,18-19,34H2,1-2H3. The van der Waals surface area contributed by atoms with Gasteiger partial charge in [0.2, 0.25) is 0 Å². The van der Waals surface area contributed by atoms with Crippen LogP contribution in [0.3, 0.4) is 0 Å². The minimum atomic E-state index is -0.0256. The maximum absolute atomic E-state index is 6.87. The molecule has 0 aromatic heterocycles. The third-order valence-corrected chi connectivity index (χ3v) is 9.36. The number of hydrazine groups is 1. The number of hydrogen-bond acceptors (Lipinski definition) is 2. The average Bonchev–Trinajstić information content (AvgIpc) is 3.30. The Balaban J connectivity index is 1.30. The van der Waals surface area contributed by atoms with Crippen molar-refractivity contribution in [1.82, 2.24) is 0 Å². The topological polar surface area (TPSA) is 29.3 Å². The summed E-state index contributed by atoms with van der Waals surface area (Å²) in [5.74, 6) is 6.87. The Kier molecular flexibility index (Phi) is 4.51. The van der Waals surface area contributed by atoms with Crippen molar-refractivity contribution in [2.75, 3.05) is 5.01 Å². The molecule has 0 bridgehead atoms. The first kappa shape index (κ1) is 21.2. The van der Waals surface area contributed by atoms with Crippen LogP contribution in [0, 0.1) is 0 Å². The molecule has 0 amide bonds. The van der Waals surface area contributed by atoms with Crippen molar-refractivity contribution in [3.8, 4) is 11.1 Å². The molecule has 3 aromatic rings. The maximum atomic E-state index is 6.87. The van der Waals surface area contributed by atoms with Gasteiger partial charge in [0.1, 0.15) is 0 Å². The number of allylic oxidation sites excluding steroid dienone is 4. The highest BCUT2D eigenvalue weighted by molar-refractivity contribution is 5.86. The largest absolute Gasteiger partial charge is 0.280 e. The van der Waals surface area contributed by atoms with Crippen LogP contribution in [0.25, 0.3) is 16.7 Å². The van der Waals surface area contributed by atoms with Crippen molar-refractivity contribution in [2.24, 2.45) is 5.84 Å². The van der Waals surface area contributed by atoms with Gasteiger partial charge in [-0.1, -0.05) is 81.7 Å². The van der Waals surface area contributed by atoms with Gasteiger partial charge in [-0.2, -0.15) is 0 Å². The Morgan fingerprint density at radius 3 is 2.23 bits per heavy atom. The van der Waals surface area contributed by atoms with E-state index in [1.54, 1.807) is 11.1 Å². The van der Waals surface area contributed by atoms with Crippen molar-refractivity contribution in [3.63, 3.8) is 0 Å². The molecule has 35 heavy (non-hydrogen) atoms. The Bertz CT molecular complexity index is 1410. The summed E-state index contributed by atoms with van der Waals surface area (Å²) in [6, 6.07) is 22.6. The summed E-state index contributed by atoms with van der Waals surface area (Å²) in [4.78, 5) is 0. The number of nitrogens with two attached hydrogens (primary N) is 1. The zero-order chi connectivity index (χ0) is 23.8. The number of fused-ring (bicyclic) bond motifs is 7.